The van der Waals surface area contributed by atoms with Crippen molar-refractivity contribution in [3.63, 3.8) is 0 Å². The molecule has 1 saturated heterocycles. The zero-order valence-corrected chi connectivity index (χ0v) is 17.4. The molecular weight excluding hydrogens is 374 g/mol. The summed E-state index contributed by atoms with van der Waals surface area (Å²) in [5, 5.41) is 3.85. The van der Waals surface area contributed by atoms with Gasteiger partial charge >= 0.3 is 5.97 Å². The van der Waals surface area contributed by atoms with E-state index in [9.17, 15) is 14.4 Å². The Morgan fingerprint density at radius 3 is 2.46 bits per heavy atom. The molecule has 28 heavy (non-hydrogen) atoms. The molecule has 0 radical (unpaired) electrons. The number of esters is 1. The molecule has 1 aromatic heterocycles. The number of imide groups is 1. The van der Waals surface area contributed by atoms with E-state index in [-0.39, 0.29) is 19.1 Å². The van der Waals surface area contributed by atoms with Gasteiger partial charge in [-0.2, -0.15) is 11.3 Å². The molecule has 0 N–H and O–H groups in total. The van der Waals surface area contributed by atoms with Crippen LogP contribution in [-0.2, 0) is 25.7 Å². The summed E-state index contributed by atoms with van der Waals surface area (Å²) in [4.78, 5) is 39.9. The lowest BCUT2D eigenvalue weighted by atomic mass is 9.97. The van der Waals surface area contributed by atoms with Crippen LogP contribution in [0.2, 0.25) is 0 Å². The molecule has 1 atom stereocenters. The third-order valence-corrected chi connectivity index (χ3v) is 5.78. The maximum absolute atomic E-state index is 13.2. The summed E-state index contributed by atoms with van der Waals surface area (Å²) < 4.78 is 5.18. The highest BCUT2D eigenvalue weighted by Crippen LogP contribution is 2.21. The predicted octanol–water partition coefficient (Wildman–Crippen LogP) is 4.86. The topological polar surface area (TPSA) is 63.7 Å². The lowest BCUT2D eigenvalue weighted by Crippen LogP contribution is -2.43. The van der Waals surface area contributed by atoms with Crippen molar-refractivity contribution in [2.75, 3.05) is 6.61 Å². The number of hydrogen-bond acceptors (Lipinski definition) is 5. The Hall–Kier alpha value is -1.95. The second-order valence-corrected chi connectivity index (χ2v) is 8.07. The van der Waals surface area contributed by atoms with Gasteiger partial charge in [0, 0.05) is 6.42 Å². The fraction of sp³-hybridized carbons (Fsp3) is 0.591. The Bertz CT molecular complexity index is 641. The Balaban J connectivity index is 2.20. The van der Waals surface area contributed by atoms with Crippen molar-refractivity contribution in [1.29, 1.82) is 0 Å². The molecule has 2 rings (SSSR count). The van der Waals surface area contributed by atoms with Crippen LogP contribution in [0, 0.1) is 5.92 Å². The molecule has 0 aromatic carbocycles. The van der Waals surface area contributed by atoms with Crippen LogP contribution in [0.1, 0.15) is 69.8 Å². The van der Waals surface area contributed by atoms with Crippen molar-refractivity contribution in [3.05, 3.63) is 35.0 Å². The van der Waals surface area contributed by atoms with Crippen molar-refractivity contribution in [3.8, 4) is 0 Å². The van der Waals surface area contributed by atoms with Crippen LogP contribution in [-0.4, -0.2) is 29.3 Å². The molecule has 0 bridgehead atoms. The number of ether oxygens (including phenoxy) is 1. The van der Waals surface area contributed by atoms with Gasteiger partial charge in [0.15, 0.2) is 0 Å². The van der Waals surface area contributed by atoms with Gasteiger partial charge in [0.2, 0.25) is 11.8 Å². The molecule has 2 amide bonds. The highest BCUT2D eigenvalue weighted by molar-refractivity contribution is 7.07. The average molecular weight is 406 g/mol. The van der Waals surface area contributed by atoms with Crippen molar-refractivity contribution >= 4 is 29.1 Å². The number of rotatable bonds is 5. The maximum Gasteiger partial charge on any atom is 0.318 e. The molecule has 154 valence electrons. The summed E-state index contributed by atoms with van der Waals surface area (Å²) in [5.41, 5.74) is 0.908. The van der Waals surface area contributed by atoms with E-state index in [1.807, 2.05) is 16.8 Å². The molecule has 1 aliphatic rings. The minimum absolute atomic E-state index is 0.0705. The van der Waals surface area contributed by atoms with Crippen LogP contribution < -0.4 is 0 Å². The Morgan fingerprint density at radius 1 is 1.14 bits per heavy atom. The molecule has 0 saturated carbocycles. The van der Waals surface area contributed by atoms with E-state index < -0.39 is 17.8 Å². The first-order valence-electron chi connectivity index (χ1n) is 10.3. The second-order valence-electron chi connectivity index (χ2n) is 7.29. The van der Waals surface area contributed by atoms with Gasteiger partial charge in [0.05, 0.1) is 6.54 Å². The lowest BCUT2D eigenvalue weighted by Gasteiger charge is -2.25. The van der Waals surface area contributed by atoms with E-state index in [2.05, 4.69) is 6.58 Å². The van der Waals surface area contributed by atoms with Crippen molar-refractivity contribution in [2.45, 2.75) is 70.8 Å². The number of amides is 2. The normalized spacial score (nSPS) is 20.4. The standard InChI is InChI=1S/C22H31NO4S/c1-2-14-27-22(26)19-11-9-7-5-3-4-6-8-10-12-20(24)23(21(19)25)16-18-13-15-28-17-18/h2,13,15,17,19H,1,3-12,14,16H2. The molecule has 1 unspecified atom stereocenters. The first-order chi connectivity index (χ1) is 13.6. The van der Waals surface area contributed by atoms with Crippen molar-refractivity contribution in [2.24, 2.45) is 5.92 Å². The van der Waals surface area contributed by atoms with Gasteiger partial charge in [-0.1, -0.05) is 57.6 Å². The number of carbonyl (C=O) groups is 3. The smallest absolute Gasteiger partial charge is 0.318 e. The van der Waals surface area contributed by atoms with Crippen LogP contribution in [0.15, 0.2) is 29.5 Å². The molecule has 0 spiro atoms. The first-order valence-corrected chi connectivity index (χ1v) is 11.2. The van der Waals surface area contributed by atoms with E-state index in [0.717, 1.165) is 50.5 Å². The van der Waals surface area contributed by atoms with Gasteiger partial charge in [-0.15, -0.1) is 0 Å². The molecule has 2 heterocycles. The molecule has 0 aliphatic carbocycles. The monoisotopic (exact) mass is 405 g/mol. The third kappa shape index (κ3) is 7.23. The molecule has 6 heteroatoms. The zero-order valence-electron chi connectivity index (χ0n) is 16.6. The molecule has 5 nitrogen and oxygen atoms in total. The van der Waals surface area contributed by atoms with Crippen LogP contribution in [0.5, 0.6) is 0 Å². The predicted molar refractivity (Wildman–Crippen MR) is 111 cm³/mol. The maximum atomic E-state index is 13.2. The number of hydrogen-bond donors (Lipinski definition) is 0. The molecule has 1 fully saturated rings. The summed E-state index contributed by atoms with van der Waals surface area (Å²) in [5.74, 6) is -2.11. The fourth-order valence-corrected chi connectivity index (χ4v) is 4.11. The highest BCUT2D eigenvalue weighted by atomic mass is 32.1. The quantitative estimate of drug-likeness (QED) is 0.304. The van der Waals surface area contributed by atoms with Crippen LogP contribution in [0.3, 0.4) is 0 Å². The van der Waals surface area contributed by atoms with Gasteiger partial charge in [-0.05, 0) is 35.2 Å². The Morgan fingerprint density at radius 2 is 1.82 bits per heavy atom. The van der Waals surface area contributed by atoms with E-state index >= 15 is 0 Å². The molecule has 1 aromatic rings. The minimum atomic E-state index is -0.925. The fourth-order valence-electron chi connectivity index (χ4n) is 3.45. The first kappa shape index (κ1) is 22.3. The van der Waals surface area contributed by atoms with Crippen molar-refractivity contribution in [1.82, 2.24) is 4.90 Å². The Labute approximate surface area is 171 Å². The summed E-state index contributed by atoms with van der Waals surface area (Å²) >= 11 is 1.52. The van der Waals surface area contributed by atoms with Gasteiger partial charge < -0.3 is 4.74 Å². The number of nitrogens with zero attached hydrogens (tertiary/aromatic N) is 1. The third-order valence-electron chi connectivity index (χ3n) is 5.05. The zero-order chi connectivity index (χ0) is 20.2. The molecular formula is C22H31NO4S. The van der Waals surface area contributed by atoms with E-state index in [4.69, 9.17) is 4.74 Å². The summed E-state index contributed by atoms with van der Waals surface area (Å²) in [6.45, 7) is 3.84. The van der Waals surface area contributed by atoms with Crippen LogP contribution >= 0.6 is 11.3 Å². The SMILES string of the molecule is C=CCOC(=O)C1CCCCCCCCCCC(=O)N(Cc2ccsc2)C1=O. The van der Waals surface area contributed by atoms with E-state index in [1.54, 1.807) is 0 Å². The van der Waals surface area contributed by atoms with Crippen LogP contribution in [0.4, 0.5) is 0 Å². The number of thiophene rings is 1. The van der Waals surface area contributed by atoms with Gasteiger partial charge in [-0.3, -0.25) is 19.3 Å². The van der Waals surface area contributed by atoms with Gasteiger partial charge in [-0.25, -0.2) is 0 Å². The largest absolute Gasteiger partial charge is 0.461 e. The van der Waals surface area contributed by atoms with Crippen molar-refractivity contribution < 1.29 is 19.1 Å². The average Bonchev–Trinajstić information content (AvgIpc) is 3.20. The Kier molecular flexibility index (Phi) is 9.97. The number of carbonyl (C=O) groups excluding carboxylic acids is 3. The van der Waals surface area contributed by atoms with E-state index in [1.165, 1.54) is 28.7 Å². The van der Waals surface area contributed by atoms with E-state index in [0.29, 0.717) is 12.8 Å². The van der Waals surface area contributed by atoms with Crippen LogP contribution in [0.25, 0.3) is 0 Å². The minimum Gasteiger partial charge on any atom is -0.461 e. The second kappa shape index (κ2) is 12.5. The van der Waals surface area contributed by atoms with Gasteiger partial charge in [0.25, 0.3) is 0 Å². The van der Waals surface area contributed by atoms with Gasteiger partial charge in [0.1, 0.15) is 12.5 Å². The highest BCUT2D eigenvalue weighted by Gasteiger charge is 2.34. The summed E-state index contributed by atoms with van der Waals surface area (Å²) in [6.07, 6.45) is 10.4. The lowest BCUT2D eigenvalue weighted by molar-refractivity contribution is -0.158. The molecule has 1 aliphatic heterocycles. The summed E-state index contributed by atoms with van der Waals surface area (Å²) in [7, 11) is 0. The summed E-state index contributed by atoms with van der Waals surface area (Å²) in [6, 6.07) is 1.90.